The molecule has 4 nitrogen and oxygen atoms in total. The zero-order chi connectivity index (χ0) is 5.86. The smallest absolute Gasteiger partial charge is 1.00 e. The predicted octanol–water partition coefficient (Wildman–Crippen LogP) is -21.4. The minimum absolute atomic E-state index is 0. The van der Waals surface area contributed by atoms with Crippen LogP contribution in [0.2, 0.25) is 0 Å². The van der Waals surface area contributed by atoms with Gasteiger partial charge >= 0.3 is 49.5 Å². The van der Waals surface area contributed by atoms with Crippen molar-refractivity contribution in [2.45, 2.75) is 0 Å². The molecule has 0 saturated heterocycles. The normalized spacial score (nSPS) is 4.19. The molecule has 0 aromatic rings. The Bertz CT molecular complexity index is 93.7. The Morgan fingerprint density at radius 3 is 1.19 bits per heavy atom. The molecule has 0 aliphatic carbocycles. The van der Waals surface area contributed by atoms with Crippen LogP contribution in [0.4, 0.5) is 0 Å². The molecule has 0 aromatic heterocycles. The van der Waals surface area contributed by atoms with Gasteiger partial charge in [0.15, 0.2) is 0 Å². The second-order valence-electron chi connectivity index (χ2n) is 0.888. The monoisotopic (exact) mass is 487 g/mol. The molecule has 0 unspecified atom stereocenters. The number of carboxylic acid groups (broad SMARTS) is 1. The van der Waals surface area contributed by atoms with Crippen LogP contribution in [0.3, 0.4) is 0 Å². The number of hydroxylamine groups is 1. The predicted molar refractivity (Wildman–Crippen MR) is 27.7 cm³/mol. The van der Waals surface area contributed by atoms with Crippen LogP contribution in [0.5, 0.6) is 0 Å². The standard InChI is InChI=1S/C2H4ClNO3.Al.7ClH.Zr/c3-4(7)1-2(5)6;;;;;;;;;/h7H,1H2,(H,5,6);;7*1H;/q;+3;;;;;;;;+4/p-7. The number of carbonyl (C=O) groups is 1. The molecule has 0 bridgehead atoms. The van der Waals surface area contributed by atoms with Crippen LogP contribution in [0.15, 0.2) is 0 Å². The van der Waals surface area contributed by atoms with E-state index in [1.165, 1.54) is 0 Å². The van der Waals surface area contributed by atoms with Crippen LogP contribution in [-0.2, 0) is 31.0 Å². The van der Waals surface area contributed by atoms with Crippen molar-refractivity contribution in [3.05, 3.63) is 0 Å². The second kappa shape index (κ2) is 51.8. The van der Waals surface area contributed by atoms with Gasteiger partial charge in [0, 0.05) is 11.8 Å². The maximum atomic E-state index is 9.52. The van der Waals surface area contributed by atoms with Crippen molar-refractivity contribution in [1.29, 1.82) is 0 Å². The number of hydrogen-bond acceptors (Lipinski definition) is 3. The first kappa shape index (κ1) is 75.5. The van der Waals surface area contributed by atoms with Crippen LogP contribution in [0.1, 0.15) is 0 Å². The van der Waals surface area contributed by atoms with Crippen molar-refractivity contribution in [2.75, 3.05) is 6.54 Å². The third-order valence-electron chi connectivity index (χ3n) is 0.266. The van der Waals surface area contributed by atoms with Gasteiger partial charge in [-0.3, -0.25) is 10.0 Å². The van der Waals surface area contributed by atoms with E-state index in [0.717, 1.165) is 0 Å². The summed E-state index contributed by atoms with van der Waals surface area (Å²) in [6.07, 6.45) is 0. The van der Waals surface area contributed by atoms with Crippen molar-refractivity contribution in [3.63, 3.8) is 0 Å². The average molecular weight is 492 g/mol. The molecule has 0 saturated carbocycles. The van der Waals surface area contributed by atoms with E-state index in [1.807, 2.05) is 0 Å². The van der Waals surface area contributed by atoms with Crippen molar-refractivity contribution >= 4 is 35.1 Å². The first-order chi connectivity index (χ1) is 3.13. The van der Waals surface area contributed by atoms with Crippen LogP contribution < -0.4 is 86.8 Å². The molecule has 0 spiro atoms. The zero-order valence-electron chi connectivity index (χ0n) is 7.06. The maximum Gasteiger partial charge on any atom is 4.00 e. The summed E-state index contributed by atoms with van der Waals surface area (Å²) in [4.78, 5) is 9.52. The summed E-state index contributed by atoms with van der Waals surface area (Å²) in [5.41, 5.74) is 0. The summed E-state index contributed by atoms with van der Waals surface area (Å²) < 4.78 is 0.0718. The number of nitrogens with zero attached hydrogens (tertiary/aromatic N) is 1. The van der Waals surface area contributed by atoms with Gasteiger partial charge in [-0.2, -0.15) is 0 Å². The Labute approximate surface area is 172 Å². The Hall–Kier alpha value is 3.13. The number of carboxylic acids is 1. The molecule has 0 radical (unpaired) electrons. The van der Waals surface area contributed by atoms with E-state index in [2.05, 4.69) is 11.8 Å². The van der Waals surface area contributed by atoms with Crippen molar-refractivity contribution in [2.24, 2.45) is 0 Å². The summed E-state index contributed by atoms with van der Waals surface area (Å²) in [5.74, 6) is -1.17. The molecular weight excluding hydrogens is 488 g/mol. The first-order valence-electron chi connectivity index (χ1n) is 1.47. The third kappa shape index (κ3) is 87.7. The molecule has 0 atom stereocenters. The van der Waals surface area contributed by atoms with Gasteiger partial charge < -0.3 is 92.0 Å². The minimum atomic E-state index is -1.17. The van der Waals surface area contributed by atoms with Crippen LogP contribution in [0, 0.1) is 0 Å². The van der Waals surface area contributed by atoms with Crippen LogP contribution in [-0.4, -0.2) is 44.8 Å². The Morgan fingerprint density at radius 1 is 1.00 bits per heavy atom. The molecule has 2 N–H and O–H groups in total. The van der Waals surface area contributed by atoms with Crippen LogP contribution in [0.25, 0.3) is 0 Å². The van der Waals surface area contributed by atoms with Gasteiger partial charge in [-0.25, -0.2) is 0 Å². The summed E-state index contributed by atoms with van der Waals surface area (Å²) in [7, 11) is 0. The van der Waals surface area contributed by atoms with E-state index in [-0.39, 0.29) is 135 Å². The van der Waals surface area contributed by atoms with E-state index in [9.17, 15) is 4.79 Å². The van der Waals surface area contributed by atoms with Gasteiger partial charge in [0.1, 0.15) is 6.54 Å². The fourth-order valence-corrected chi connectivity index (χ4v) is 0.214. The number of aliphatic carboxylic acids is 1. The second-order valence-corrected chi connectivity index (χ2v) is 1.28. The molecule has 0 fully saturated rings. The topological polar surface area (TPSA) is 60.8 Å². The molecule has 0 amide bonds. The Morgan fingerprint density at radius 2 is 1.19 bits per heavy atom. The fourth-order valence-electron chi connectivity index (χ4n) is 0.112. The van der Waals surface area contributed by atoms with Crippen LogP contribution >= 0.6 is 11.8 Å². The van der Waals surface area contributed by atoms with Gasteiger partial charge in [-0.15, -0.1) is 0 Å². The average Bonchev–Trinajstić information content (AvgIpc) is 1.27. The quantitative estimate of drug-likeness (QED) is 0.229. The summed E-state index contributed by atoms with van der Waals surface area (Å²) in [6, 6.07) is 0. The van der Waals surface area contributed by atoms with Crippen molar-refractivity contribution in [3.8, 4) is 0 Å². The van der Waals surface area contributed by atoms with Gasteiger partial charge in [-0.1, -0.05) is 4.58 Å². The molecule has 0 heterocycles. The largest absolute Gasteiger partial charge is 4.00 e. The molecule has 0 aliphatic heterocycles. The number of hydrogen-bond donors (Lipinski definition) is 2. The van der Waals surface area contributed by atoms with Crippen molar-refractivity contribution in [1.82, 2.24) is 4.58 Å². The van der Waals surface area contributed by atoms with Gasteiger partial charge in [0.05, 0.1) is 0 Å². The van der Waals surface area contributed by atoms with E-state index in [0.29, 0.717) is 0 Å². The Kier molecular flexibility index (Phi) is 245. The minimum Gasteiger partial charge on any atom is -1.00 e. The van der Waals surface area contributed by atoms with Crippen molar-refractivity contribution < 1.29 is 128 Å². The first-order valence-corrected chi connectivity index (χ1v) is 1.80. The summed E-state index contributed by atoms with van der Waals surface area (Å²) in [6.45, 7) is -0.568. The van der Waals surface area contributed by atoms with E-state index < -0.39 is 12.5 Å². The molecule has 98 valence electrons. The number of rotatable bonds is 2. The molecular formula is C2H4AlCl8NO3Zr. The SMILES string of the molecule is O=C(O)CN(O)Cl.[Al+3].[Cl-].[Cl-].[Cl-].[Cl-].[Cl-].[Cl-].[Cl-].[Zr+4]. The molecule has 0 rings (SSSR count). The van der Waals surface area contributed by atoms with E-state index in [4.69, 9.17) is 10.3 Å². The third-order valence-corrected chi connectivity index (χ3v) is 0.385. The molecule has 0 aromatic carbocycles. The number of halogens is 8. The maximum absolute atomic E-state index is 9.52. The molecule has 14 heteroatoms. The fraction of sp³-hybridized carbons (Fsp3) is 0.500. The van der Waals surface area contributed by atoms with Gasteiger partial charge in [0.2, 0.25) is 0 Å². The molecule has 0 aliphatic rings. The van der Waals surface area contributed by atoms with E-state index in [1.54, 1.807) is 0 Å². The summed E-state index contributed by atoms with van der Waals surface area (Å²) in [5, 5.41) is 15.7. The zero-order valence-corrected chi connectivity index (χ0v) is 16.7. The molecule has 16 heavy (non-hydrogen) atoms. The van der Waals surface area contributed by atoms with Gasteiger partial charge in [0.25, 0.3) is 0 Å². The Balaban J connectivity index is -0.00000000500. The summed E-state index contributed by atoms with van der Waals surface area (Å²) >= 11 is 4.68. The van der Waals surface area contributed by atoms with E-state index >= 15 is 0 Å². The van der Waals surface area contributed by atoms with Gasteiger partial charge in [-0.05, 0) is 0 Å².